The Morgan fingerprint density at radius 3 is 2.74 bits per heavy atom. The van der Waals surface area contributed by atoms with E-state index < -0.39 is 11.7 Å². The molecule has 0 aromatic carbocycles. The standard InChI is InChI=1S/C13H11F3N6O/c1-21-9(2-4-18-21)12(23)17-7-11-20-19-10-6-8(13(14,15)16)3-5-22(10)11/h2-6H,7H2,1H3,(H,17,23). The molecule has 1 N–H and O–H groups in total. The molecule has 0 fully saturated rings. The van der Waals surface area contributed by atoms with Crippen LogP contribution in [0.25, 0.3) is 5.65 Å². The van der Waals surface area contributed by atoms with Gasteiger partial charge in [-0.2, -0.15) is 18.3 Å². The van der Waals surface area contributed by atoms with Crippen LogP contribution < -0.4 is 5.32 Å². The lowest BCUT2D eigenvalue weighted by atomic mass is 10.2. The third-order valence-electron chi connectivity index (χ3n) is 3.27. The first kappa shape index (κ1) is 15.0. The normalized spacial score (nSPS) is 11.8. The summed E-state index contributed by atoms with van der Waals surface area (Å²) in [7, 11) is 1.63. The lowest BCUT2D eigenvalue weighted by molar-refractivity contribution is -0.137. The molecule has 3 aromatic heterocycles. The van der Waals surface area contributed by atoms with Crippen LogP contribution in [0.15, 0.2) is 30.6 Å². The third-order valence-corrected chi connectivity index (χ3v) is 3.27. The number of fused-ring (bicyclic) bond motifs is 1. The van der Waals surface area contributed by atoms with Gasteiger partial charge in [0, 0.05) is 19.4 Å². The first-order valence-corrected chi connectivity index (χ1v) is 6.53. The zero-order chi connectivity index (χ0) is 16.6. The first-order chi connectivity index (χ1) is 10.9. The summed E-state index contributed by atoms with van der Waals surface area (Å²) >= 11 is 0. The Labute approximate surface area is 127 Å². The molecule has 23 heavy (non-hydrogen) atoms. The Bertz CT molecular complexity index is 866. The van der Waals surface area contributed by atoms with Gasteiger partial charge in [0.05, 0.1) is 12.1 Å². The fourth-order valence-corrected chi connectivity index (χ4v) is 2.08. The van der Waals surface area contributed by atoms with Crippen molar-refractivity contribution in [2.45, 2.75) is 12.7 Å². The second kappa shape index (κ2) is 5.38. The highest BCUT2D eigenvalue weighted by atomic mass is 19.4. The van der Waals surface area contributed by atoms with Crippen molar-refractivity contribution in [1.29, 1.82) is 0 Å². The van der Waals surface area contributed by atoms with Gasteiger partial charge in [0.25, 0.3) is 5.91 Å². The van der Waals surface area contributed by atoms with Gasteiger partial charge < -0.3 is 5.32 Å². The number of hydrogen-bond acceptors (Lipinski definition) is 4. The number of hydrogen-bond donors (Lipinski definition) is 1. The zero-order valence-electron chi connectivity index (χ0n) is 11.9. The summed E-state index contributed by atoms with van der Waals surface area (Å²) in [6.07, 6.45) is -1.73. The smallest absolute Gasteiger partial charge is 0.343 e. The molecule has 0 radical (unpaired) electrons. The van der Waals surface area contributed by atoms with Gasteiger partial charge in [-0.3, -0.25) is 13.9 Å². The Hall–Kier alpha value is -2.91. The number of aromatic nitrogens is 5. The van der Waals surface area contributed by atoms with Crippen molar-refractivity contribution < 1.29 is 18.0 Å². The van der Waals surface area contributed by atoms with Gasteiger partial charge in [-0.15, -0.1) is 10.2 Å². The molecule has 3 heterocycles. The quantitative estimate of drug-likeness (QED) is 0.790. The summed E-state index contributed by atoms with van der Waals surface area (Å²) in [5.41, 5.74) is -0.384. The second-order valence-electron chi connectivity index (χ2n) is 4.78. The van der Waals surface area contributed by atoms with Gasteiger partial charge in [0.2, 0.25) is 0 Å². The van der Waals surface area contributed by atoms with E-state index in [1.165, 1.54) is 21.5 Å². The van der Waals surface area contributed by atoms with Crippen LogP contribution in [-0.4, -0.2) is 30.3 Å². The van der Waals surface area contributed by atoms with Gasteiger partial charge in [0.1, 0.15) is 5.69 Å². The van der Waals surface area contributed by atoms with Crippen molar-refractivity contribution >= 4 is 11.6 Å². The van der Waals surface area contributed by atoms with E-state index in [9.17, 15) is 18.0 Å². The summed E-state index contributed by atoms with van der Waals surface area (Å²) in [6, 6.07) is 3.38. The van der Waals surface area contributed by atoms with Crippen molar-refractivity contribution in [3.05, 3.63) is 47.7 Å². The molecule has 0 spiro atoms. The number of amides is 1. The number of rotatable bonds is 3. The number of halogens is 3. The summed E-state index contributed by atoms with van der Waals surface area (Å²) in [5, 5.41) is 14.0. The van der Waals surface area contributed by atoms with E-state index in [0.717, 1.165) is 12.1 Å². The molecular formula is C13H11F3N6O. The number of nitrogens with zero attached hydrogens (tertiary/aromatic N) is 5. The van der Waals surface area contributed by atoms with Crippen molar-refractivity contribution in [2.75, 3.05) is 0 Å². The van der Waals surface area contributed by atoms with Crippen molar-refractivity contribution in [1.82, 2.24) is 29.7 Å². The number of aryl methyl sites for hydroxylation is 1. The number of pyridine rings is 1. The Morgan fingerprint density at radius 2 is 2.09 bits per heavy atom. The molecule has 120 valence electrons. The van der Waals surface area contributed by atoms with E-state index in [1.807, 2.05) is 0 Å². The second-order valence-corrected chi connectivity index (χ2v) is 4.78. The van der Waals surface area contributed by atoms with Crippen LogP contribution >= 0.6 is 0 Å². The van der Waals surface area contributed by atoms with E-state index in [4.69, 9.17) is 0 Å². The zero-order valence-corrected chi connectivity index (χ0v) is 11.9. The predicted molar refractivity (Wildman–Crippen MR) is 72.4 cm³/mol. The average molecular weight is 324 g/mol. The van der Waals surface area contributed by atoms with Crippen molar-refractivity contribution in [2.24, 2.45) is 7.05 Å². The first-order valence-electron chi connectivity index (χ1n) is 6.53. The minimum atomic E-state index is -4.44. The van der Waals surface area contributed by atoms with E-state index >= 15 is 0 Å². The molecule has 0 aliphatic rings. The maximum Gasteiger partial charge on any atom is 0.416 e. The summed E-state index contributed by atoms with van der Waals surface area (Å²) in [6.45, 7) is 0.0243. The highest BCUT2D eigenvalue weighted by Crippen LogP contribution is 2.29. The molecule has 3 aromatic rings. The van der Waals surface area contributed by atoms with Crippen LogP contribution in [0.2, 0.25) is 0 Å². The van der Waals surface area contributed by atoms with E-state index in [0.29, 0.717) is 11.5 Å². The van der Waals surface area contributed by atoms with Gasteiger partial charge in [0.15, 0.2) is 11.5 Å². The maximum absolute atomic E-state index is 12.6. The van der Waals surface area contributed by atoms with Crippen LogP contribution in [0.4, 0.5) is 13.2 Å². The lowest BCUT2D eigenvalue weighted by Gasteiger charge is -2.07. The third kappa shape index (κ3) is 2.87. The van der Waals surface area contributed by atoms with Crippen LogP contribution in [-0.2, 0) is 19.8 Å². The molecular weight excluding hydrogens is 313 g/mol. The number of carbonyl (C=O) groups excluding carboxylic acids is 1. The SMILES string of the molecule is Cn1nccc1C(=O)NCc1nnc2cc(C(F)(F)F)ccn12. The van der Waals surface area contributed by atoms with Gasteiger partial charge in [-0.1, -0.05) is 0 Å². The molecule has 0 atom stereocenters. The number of alkyl halides is 3. The molecule has 0 saturated carbocycles. The molecule has 0 bridgehead atoms. The molecule has 3 rings (SSSR count). The predicted octanol–water partition coefficient (Wildman–Crippen LogP) is 1.41. The summed E-state index contributed by atoms with van der Waals surface area (Å²) < 4.78 is 40.7. The maximum atomic E-state index is 12.6. The van der Waals surface area contributed by atoms with Crippen molar-refractivity contribution in [3.63, 3.8) is 0 Å². The van der Waals surface area contributed by atoms with Crippen LogP contribution in [0.3, 0.4) is 0 Å². The fourth-order valence-electron chi connectivity index (χ4n) is 2.08. The highest BCUT2D eigenvalue weighted by molar-refractivity contribution is 5.92. The molecule has 0 aliphatic heterocycles. The van der Waals surface area contributed by atoms with Gasteiger partial charge in [-0.05, 0) is 18.2 Å². The van der Waals surface area contributed by atoms with Crippen LogP contribution in [0, 0.1) is 0 Å². The van der Waals surface area contributed by atoms with E-state index in [1.54, 1.807) is 13.1 Å². The van der Waals surface area contributed by atoms with Gasteiger partial charge in [-0.25, -0.2) is 0 Å². The van der Waals surface area contributed by atoms with Crippen LogP contribution in [0.5, 0.6) is 0 Å². The minimum absolute atomic E-state index is 0.0243. The molecule has 0 unspecified atom stereocenters. The number of nitrogens with one attached hydrogen (secondary N) is 1. The summed E-state index contributed by atoms with van der Waals surface area (Å²) in [4.78, 5) is 12.0. The van der Waals surface area contributed by atoms with E-state index in [-0.39, 0.29) is 18.1 Å². The average Bonchev–Trinajstić information content (AvgIpc) is 3.09. The summed E-state index contributed by atoms with van der Waals surface area (Å²) in [5.74, 6) is -0.0436. The fraction of sp³-hybridized carbons (Fsp3) is 0.231. The lowest BCUT2D eigenvalue weighted by Crippen LogP contribution is -2.26. The van der Waals surface area contributed by atoms with E-state index in [2.05, 4.69) is 20.6 Å². The highest BCUT2D eigenvalue weighted by Gasteiger charge is 2.31. The van der Waals surface area contributed by atoms with Gasteiger partial charge >= 0.3 is 6.18 Å². The van der Waals surface area contributed by atoms with Crippen LogP contribution in [0.1, 0.15) is 21.9 Å². The number of carbonyl (C=O) groups is 1. The Kier molecular flexibility index (Phi) is 3.51. The Balaban J connectivity index is 1.79. The topological polar surface area (TPSA) is 77.1 Å². The minimum Gasteiger partial charge on any atom is -0.343 e. The molecule has 0 aliphatic carbocycles. The monoisotopic (exact) mass is 324 g/mol. The molecule has 10 heteroatoms. The molecule has 1 amide bonds. The Morgan fingerprint density at radius 1 is 1.30 bits per heavy atom. The largest absolute Gasteiger partial charge is 0.416 e. The molecule has 7 nitrogen and oxygen atoms in total. The molecule has 0 saturated heterocycles. The van der Waals surface area contributed by atoms with Crippen molar-refractivity contribution in [3.8, 4) is 0 Å².